The molecule has 0 amide bonds. The molecule has 0 radical (unpaired) electrons. The molecule has 1 atom stereocenters. The van der Waals surface area contributed by atoms with Crippen LogP contribution in [0.2, 0.25) is 0 Å². The fraction of sp³-hybridized carbons (Fsp3) is 0.778. The van der Waals surface area contributed by atoms with E-state index in [1.807, 2.05) is 6.92 Å². The van der Waals surface area contributed by atoms with Crippen molar-refractivity contribution < 1.29 is 9.53 Å². The molecule has 0 bridgehead atoms. The highest BCUT2D eigenvalue weighted by Crippen LogP contribution is 2.23. The minimum Gasteiger partial charge on any atom is -0.465 e. The quantitative estimate of drug-likeness (QED) is 0.553. The summed E-state index contributed by atoms with van der Waals surface area (Å²) in [5.74, 6) is 0.832. The molecule has 5 heteroatoms. The Bertz CT molecular complexity index is 194. The second-order valence-corrected chi connectivity index (χ2v) is 6.25. The van der Waals surface area contributed by atoms with Gasteiger partial charge in [-0.05, 0) is 26.0 Å². The third kappa shape index (κ3) is 6.68. The minimum absolute atomic E-state index is 0.183. The third-order valence-electron chi connectivity index (χ3n) is 1.32. The van der Waals surface area contributed by atoms with Crippen molar-refractivity contribution >= 4 is 45.2 Å². The zero-order valence-corrected chi connectivity index (χ0v) is 11.2. The van der Waals surface area contributed by atoms with Crippen LogP contribution in [0.4, 0.5) is 0 Å². The first-order valence-electron chi connectivity index (χ1n) is 4.61. The molecule has 0 saturated carbocycles. The van der Waals surface area contributed by atoms with E-state index < -0.39 is 0 Å². The van der Waals surface area contributed by atoms with Crippen LogP contribution in [0.15, 0.2) is 0 Å². The van der Waals surface area contributed by atoms with Crippen molar-refractivity contribution in [3.05, 3.63) is 0 Å². The number of hydrogen-bond donors (Lipinski definition) is 0. The summed E-state index contributed by atoms with van der Waals surface area (Å²) in [4.78, 5) is 11.2. The van der Waals surface area contributed by atoms with Crippen LogP contribution in [-0.4, -0.2) is 27.1 Å². The van der Waals surface area contributed by atoms with Gasteiger partial charge in [0.2, 0.25) is 0 Å². The summed E-state index contributed by atoms with van der Waals surface area (Å²) < 4.78 is 5.71. The van der Waals surface area contributed by atoms with Gasteiger partial charge in [0.15, 0.2) is 0 Å². The van der Waals surface area contributed by atoms with Crippen LogP contribution < -0.4 is 0 Å². The van der Waals surface area contributed by atoms with Gasteiger partial charge in [-0.1, -0.05) is 30.9 Å². The lowest BCUT2D eigenvalue weighted by molar-refractivity contribution is -0.142. The molecule has 0 fully saturated rings. The lowest BCUT2D eigenvalue weighted by Crippen LogP contribution is -2.17. The summed E-state index contributed by atoms with van der Waals surface area (Å²) in [7, 11) is 0. The predicted octanol–water partition coefficient (Wildman–Crippen LogP) is 3.10. The highest BCUT2D eigenvalue weighted by molar-refractivity contribution is 8.47. The number of rotatable bonds is 5. The van der Waals surface area contributed by atoms with E-state index in [1.165, 1.54) is 11.8 Å². The standard InChI is InChI=1S/C9H16O2S3/c1-4-6-13-9(12)14-7(3)8(10)11-5-2/h7H,4-6H2,1-3H3. The van der Waals surface area contributed by atoms with Gasteiger partial charge in [-0.25, -0.2) is 0 Å². The van der Waals surface area contributed by atoms with Gasteiger partial charge in [0.05, 0.1) is 6.61 Å². The van der Waals surface area contributed by atoms with Crippen molar-refractivity contribution in [3.8, 4) is 0 Å². The van der Waals surface area contributed by atoms with E-state index in [9.17, 15) is 4.79 Å². The molecule has 0 aliphatic carbocycles. The summed E-state index contributed by atoms with van der Waals surface area (Å²) in [5, 5.41) is -0.188. The van der Waals surface area contributed by atoms with Crippen LogP contribution in [0, 0.1) is 0 Å². The fourth-order valence-corrected chi connectivity index (χ4v) is 3.13. The molecule has 0 N–H and O–H groups in total. The largest absolute Gasteiger partial charge is 0.465 e. The molecule has 0 aromatic rings. The van der Waals surface area contributed by atoms with Crippen LogP contribution in [0.25, 0.3) is 0 Å². The Morgan fingerprint density at radius 1 is 1.50 bits per heavy atom. The van der Waals surface area contributed by atoms with Gasteiger partial charge in [0.25, 0.3) is 0 Å². The van der Waals surface area contributed by atoms with Crippen LogP contribution in [0.5, 0.6) is 0 Å². The molecular formula is C9H16O2S3. The topological polar surface area (TPSA) is 26.3 Å². The Morgan fingerprint density at radius 2 is 2.14 bits per heavy atom. The lowest BCUT2D eigenvalue weighted by atomic mass is 10.5. The van der Waals surface area contributed by atoms with Gasteiger partial charge in [0, 0.05) is 0 Å². The minimum atomic E-state index is -0.188. The molecule has 0 aromatic heterocycles. The average Bonchev–Trinajstić information content (AvgIpc) is 2.15. The number of esters is 1. The molecule has 1 unspecified atom stereocenters. The third-order valence-corrected chi connectivity index (χ3v) is 4.19. The Labute approximate surface area is 99.5 Å². The normalized spacial score (nSPS) is 12.2. The van der Waals surface area contributed by atoms with Crippen molar-refractivity contribution in [2.24, 2.45) is 0 Å². The maximum Gasteiger partial charge on any atom is 0.319 e. The number of carbonyl (C=O) groups excluding carboxylic acids is 1. The molecule has 0 heterocycles. The van der Waals surface area contributed by atoms with Gasteiger partial charge >= 0.3 is 5.97 Å². The SMILES string of the molecule is CCCSC(=S)SC(C)C(=O)OCC. The molecule has 0 saturated heterocycles. The van der Waals surface area contributed by atoms with Crippen LogP contribution in [-0.2, 0) is 9.53 Å². The molecule has 0 aliphatic rings. The van der Waals surface area contributed by atoms with E-state index in [0.717, 1.165) is 15.7 Å². The zero-order chi connectivity index (χ0) is 11.0. The van der Waals surface area contributed by atoms with Crippen LogP contribution in [0.3, 0.4) is 0 Å². The molecular weight excluding hydrogens is 236 g/mol. The summed E-state index contributed by atoms with van der Waals surface area (Å²) in [6, 6.07) is 0. The van der Waals surface area contributed by atoms with E-state index >= 15 is 0 Å². The Hall–Kier alpha value is 0.260. The summed E-state index contributed by atoms with van der Waals surface area (Å²) in [6.07, 6.45) is 1.10. The maximum absolute atomic E-state index is 11.2. The molecule has 2 nitrogen and oxygen atoms in total. The fourth-order valence-electron chi connectivity index (χ4n) is 0.671. The number of hydrogen-bond acceptors (Lipinski definition) is 5. The maximum atomic E-state index is 11.2. The van der Waals surface area contributed by atoms with E-state index in [1.54, 1.807) is 18.7 Å². The summed E-state index contributed by atoms with van der Waals surface area (Å²) in [5.41, 5.74) is 0. The van der Waals surface area contributed by atoms with Crippen molar-refractivity contribution in [2.45, 2.75) is 32.4 Å². The summed E-state index contributed by atoms with van der Waals surface area (Å²) in [6.45, 7) is 6.16. The van der Waals surface area contributed by atoms with Gasteiger partial charge < -0.3 is 4.74 Å². The van der Waals surface area contributed by atoms with E-state index in [0.29, 0.717) is 6.61 Å². The number of carbonyl (C=O) groups is 1. The first kappa shape index (κ1) is 14.3. The van der Waals surface area contributed by atoms with Gasteiger partial charge in [-0.2, -0.15) is 0 Å². The molecule has 14 heavy (non-hydrogen) atoms. The van der Waals surface area contributed by atoms with Crippen molar-refractivity contribution in [3.63, 3.8) is 0 Å². The van der Waals surface area contributed by atoms with E-state index in [-0.39, 0.29) is 11.2 Å². The average molecular weight is 252 g/mol. The smallest absolute Gasteiger partial charge is 0.319 e. The first-order valence-corrected chi connectivity index (χ1v) is 6.89. The highest BCUT2D eigenvalue weighted by atomic mass is 32.2. The van der Waals surface area contributed by atoms with Crippen molar-refractivity contribution in [1.82, 2.24) is 0 Å². The molecule has 0 spiro atoms. The number of ether oxygens (including phenoxy) is 1. The van der Waals surface area contributed by atoms with Crippen molar-refractivity contribution in [2.75, 3.05) is 12.4 Å². The second-order valence-electron chi connectivity index (χ2n) is 2.61. The molecule has 82 valence electrons. The van der Waals surface area contributed by atoms with E-state index in [2.05, 4.69) is 6.92 Å². The lowest BCUT2D eigenvalue weighted by Gasteiger charge is -2.09. The first-order chi connectivity index (χ1) is 6.61. The molecule has 0 aliphatic heterocycles. The Morgan fingerprint density at radius 3 is 2.64 bits per heavy atom. The zero-order valence-electron chi connectivity index (χ0n) is 8.74. The Balaban J connectivity index is 3.75. The Kier molecular flexibility index (Phi) is 8.72. The second kappa shape index (κ2) is 8.56. The van der Waals surface area contributed by atoms with Crippen molar-refractivity contribution in [1.29, 1.82) is 0 Å². The number of thiocarbonyl (C=S) groups is 1. The van der Waals surface area contributed by atoms with Gasteiger partial charge in [-0.3, -0.25) is 4.79 Å². The highest BCUT2D eigenvalue weighted by Gasteiger charge is 2.16. The summed E-state index contributed by atoms with van der Waals surface area (Å²) >= 11 is 8.15. The monoisotopic (exact) mass is 252 g/mol. The predicted molar refractivity (Wildman–Crippen MR) is 69.0 cm³/mol. The van der Waals surface area contributed by atoms with Gasteiger partial charge in [0.1, 0.15) is 8.78 Å². The van der Waals surface area contributed by atoms with Gasteiger partial charge in [-0.15, -0.1) is 11.8 Å². The van der Waals surface area contributed by atoms with Crippen LogP contribution in [0.1, 0.15) is 27.2 Å². The number of thioether (sulfide) groups is 2. The molecule has 0 rings (SSSR count). The van der Waals surface area contributed by atoms with E-state index in [4.69, 9.17) is 17.0 Å². The van der Waals surface area contributed by atoms with Crippen LogP contribution >= 0.6 is 35.7 Å². The molecule has 0 aromatic carbocycles.